The molecule has 3 rings (SSSR count). The summed E-state index contributed by atoms with van der Waals surface area (Å²) < 4.78 is 0. The first-order valence-electron chi connectivity index (χ1n) is 6.38. The van der Waals surface area contributed by atoms with Gasteiger partial charge < -0.3 is 10.2 Å². The molecule has 0 atom stereocenters. The zero-order valence-electron chi connectivity index (χ0n) is 11.7. The van der Waals surface area contributed by atoms with Crippen LogP contribution in [0.1, 0.15) is 0 Å². The number of fused-ring (bicyclic) bond motifs is 1. The van der Waals surface area contributed by atoms with Crippen molar-refractivity contribution in [1.82, 2.24) is 9.97 Å². The lowest BCUT2D eigenvalue weighted by molar-refractivity contribution is 1.11. The van der Waals surface area contributed by atoms with E-state index in [0.29, 0.717) is 0 Å². The maximum Gasteiger partial charge on any atom is 0.185 e. The molecule has 0 saturated carbocycles. The largest absolute Gasteiger partial charge is 0.373 e. The normalized spacial score (nSPS) is 10.8. The van der Waals surface area contributed by atoms with E-state index in [-0.39, 0.29) is 0 Å². The Balaban J connectivity index is 2.06. The van der Waals surface area contributed by atoms with Gasteiger partial charge in [-0.05, 0) is 23.1 Å². The molecule has 0 unspecified atom stereocenters. The Labute approximate surface area is 122 Å². The second-order valence-corrected chi connectivity index (χ2v) is 5.79. The van der Waals surface area contributed by atoms with Crippen LogP contribution in [-0.4, -0.2) is 31.1 Å². The smallest absolute Gasteiger partial charge is 0.185 e. The van der Waals surface area contributed by atoms with Crippen molar-refractivity contribution < 1.29 is 0 Å². The van der Waals surface area contributed by atoms with E-state index in [4.69, 9.17) is 0 Å². The number of rotatable bonds is 3. The lowest BCUT2D eigenvalue weighted by atomic mass is 10.1. The fraction of sp³-hybridized carbons (Fsp3) is 0.200. The molecule has 0 aliphatic rings. The van der Waals surface area contributed by atoms with Gasteiger partial charge in [-0.15, -0.1) is 0 Å². The van der Waals surface area contributed by atoms with E-state index in [1.54, 1.807) is 11.3 Å². The van der Waals surface area contributed by atoms with Gasteiger partial charge in [-0.1, -0.05) is 23.5 Å². The Hall–Kier alpha value is -2.14. The monoisotopic (exact) mass is 284 g/mol. The molecule has 20 heavy (non-hydrogen) atoms. The van der Waals surface area contributed by atoms with E-state index in [2.05, 4.69) is 39.6 Å². The summed E-state index contributed by atoms with van der Waals surface area (Å²) in [6.07, 6.45) is 3.82. The third-order valence-electron chi connectivity index (χ3n) is 3.14. The molecule has 2 aromatic heterocycles. The quantitative estimate of drug-likeness (QED) is 0.799. The average Bonchev–Trinajstić information content (AvgIpc) is 2.96. The molecular weight excluding hydrogens is 268 g/mol. The number of hydrogen-bond acceptors (Lipinski definition) is 5. The number of thiazole rings is 1. The van der Waals surface area contributed by atoms with Crippen molar-refractivity contribution in [3.63, 3.8) is 0 Å². The Morgan fingerprint density at radius 1 is 1.05 bits per heavy atom. The van der Waals surface area contributed by atoms with Gasteiger partial charge in [0, 0.05) is 38.9 Å². The van der Waals surface area contributed by atoms with Crippen LogP contribution in [0.3, 0.4) is 0 Å². The Morgan fingerprint density at radius 2 is 1.90 bits per heavy atom. The second-order valence-electron chi connectivity index (χ2n) is 4.78. The predicted octanol–water partition coefficient (Wildman–Crippen LogP) is 3.47. The van der Waals surface area contributed by atoms with Crippen molar-refractivity contribution in [2.24, 2.45) is 0 Å². The summed E-state index contributed by atoms with van der Waals surface area (Å²) in [6.45, 7) is 0. The Bertz CT molecular complexity index is 748. The number of anilines is 2. The lowest BCUT2D eigenvalue weighted by Crippen LogP contribution is -2.07. The molecule has 0 amide bonds. The molecule has 0 spiro atoms. The molecule has 102 valence electrons. The van der Waals surface area contributed by atoms with Crippen LogP contribution in [0.5, 0.6) is 0 Å². The molecule has 1 N–H and O–H groups in total. The van der Waals surface area contributed by atoms with Crippen LogP contribution >= 0.6 is 11.3 Å². The summed E-state index contributed by atoms with van der Waals surface area (Å²) in [6, 6.07) is 8.47. The summed E-state index contributed by atoms with van der Waals surface area (Å²) >= 11 is 1.70. The number of nitrogens with zero attached hydrogens (tertiary/aromatic N) is 3. The average molecular weight is 284 g/mol. The summed E-state index contributed by atoms with van der Waals surface area (Å²) in [5.74, 6) is 0.882. The van der Waals surface area contributed by atoms with Crippen molar-refractivity contribution >= 4 is 33.1 Å². The van der Waals surface area contributed by atoms with Gasteiger partial charge in [0.2, 0.25) is 0 Å². The highest BCUT2D eigenvalue weighted by molar-refractivity contribution is 7.18. The molecular formula is C15H16N4S. The van der Waals surface area contributed by atoms with Crippen LogP contribution in [0.15, 0.2) is 36.7 Å². The number of pyridine rings is 1. The molecule has 0 fully saturated rings. The summed E-state index contributed by atoms with van der Waals surface area (Å²) in [5, 5.41) is 6.41. The molecule has 0 aliphatic carbocycles. The standard InChI is InChI=1S/C15H16N4S/c1-16-14-7-12-6-10(4-5-11(12)8-17-14)13-9-18-15(20-13)19(2)3/h4-9H,1-3H3,(H,16,17). The fourth-order valence-electron chi connectivity index (χ4n) is 2.04. The van der Waals surface area contributed by atoms with Gasteiger partial charge >= 0.3 is 0 Å². The number of nitrogens with one attached hydrogen (secondary N) is 1. The van der Waals surface area contributed by atoms with E-state index >= 15 is 0 Å². The molecule has 0 saturated heterocycles. The highest BCUT2D eigenvalue weighted by atomic mass is 32.1. The van der Waals surface area contributed by atoms with Crippen molar-refractivity contribution in [2.45, 2.75) is 0 Å². The minimum absolute atomic E-state index is 0.882. The molecule has 0 radical (unpaired) electrons. The van der Waals surface area contributed by atoms with Crippen molar-refractivity contribution in [3.8, 4) is 10.4 Å². The SMILES string of the molecule is CNc1cc2cc(-c3cnc(N(C)C)s3)ccc2cn1. The zero-order valence-corrected chi connectivity index (χ0v) is 12.5. The summed E-state index contributed by atoms with van der Waals surface area (Å²) in [5.41, 5.74) is 1.19. The highest BCUT2D eigenvalue weighted by Crippen LogP contribution is 2.32. The number of benzene rings is 1. The van der Waals surface area contributed by atoms with E-state index in [1.807, 2.05) is 38.4 Å². The van der Waals surface area contributed by atoms with Crippen molar-refractivity contribution in [1.29, 1.82) is 0 Å². The topological polar surface area (TPSA) is 41.1 Å². The van der Waals surface area contributed by atoms with Gasteiger partial charge in [0.25, 0.3) is 0 Å². The van der Waals surface area contributed by atoms with Crippen molar-refractivity contribution in [2.75, 3.05) is 31.4 Å². The lowest BCUT2D eigenvalue weighted by Gasteiger charge is -2.06. The molecule has 0 aliphatic heterocycles. The fourth-order valence-corrected chi connectivity index (χ4v) is 2.87. The van der Waals surface area contributed by atoms with E-state index < -0.39 is 0 Å². The van der Waals surface area contributed by atoms with Crippen LogP contribution in [0, 0.1) is 0 Å². The van der Waals surface area contributed by atoms with E-state index in [1.165, 1.54) is 15.8 Å². The minimum atomic E-state index is 0.882. The van der Waals surface area contributed by atoms with Gasteiger partial charge in [0.05, 0.1) is 4.88 Å². The Kier molecular flexibility index (Phi) is 3.28. The van der Waals surface area contributed by atoms with E-state index in [9.17, 15) is 0 Å². The molecule has 1 aromatic carbocycles. The first-order valence-corrected chi connectivity index (χ1v) is 7.20. The maximum atomic E-state index is 4.43. The summed E-state index contributed by atoms with van der Waals surface area (Å²) in [4.78, 5) is 12.0. The van der Waals surface area contributed by atoms with Crippen LogP contribution < -0.4 is 10.2 Å². The third-order valence-corrected chi connectivity index (χ3v) is 4.35. The van der Waals surface area contributed by atoms with Gasteiger partial charge in [-0.3, -0.25) is 0 Å². The van der Waals surface area contributed by atoms with Crippen LogP contribution in [0.2, 0.25) is 0 Å². The Morgan fingerprint density at radius 3 is 2.60 bits per heavy atom. The molecule has 5 heteroatoms. The van der Waals surface area contributed by atoms with Gasteiger partial charge in [0.1, 0.15) is 5.82 Å². The van der Waals surface area contributed by atoms with Gasteiger partial charge in [-0.2, -0.15) is 0 Å². The molecule has 4 nitrogen and oxygen atoms in total. The molecule has 0 bridgehead atoms. The number of aromatic nitrogens is 2. The molecule has 2 heterocycles. The van der Waals surface area contributed by atoms with Crippen LogP contribution in [-0.2, 0) is 0 Å². The van der Waals surface area contributed by atoms with Crippen LogP contribution in [0.25, 0.3) is 21.2 Å². The molecule has 3 aromatic rings. The van der Waals surface area contributed by atoms with Crippen LogP contribution in [0.4, 0.5) is 10.9 Å². The number of hydrogen-bond donors (Lipinski definition) is 1. The second kappa shape index (κ2) is 5.09. The summed E-state index contributed by atoms with van der Waals surface area (Å²) in [7, 11) is 5.90. The maximum absolute atomic E-state index is 4.43. The van der Waals surface area contributed by atoms with Gasteiger partial charge in [-0.25, -0.2) is 9.97 Å². The minimum Gasteiger partial charge on any atom is -0.373 e. The van der Waals surface area contributed by atoms with Gasteiger partial charge in [0.15, 0.2) is 5.13 Å². The van der Waals surface area contributed by atoms with Crippen molar-refractivity contribution in [3.05, 3.63) is 36.7 Å². The predicted molar refractivity (Wildman–Crippen MR) is 86.7 cm³/mol. The highest BCUT2D eigenvalue weighted by Gasteiger charge is 2.07. The first kappa shape index (κ1) is 12.9. The van der Waals surface area contributed by atoms with E-state index in [0.717, 1.165) is 16.3 Å². The zero-order chi connectivity index (χ0) is 14.1. The first-order chi connectivity index (χ1) is 9.67. The third kappa shape index (κ3) is 2.32.